The molecular weight excluding hydrogens is 318 g/mol. The van der Waals surface area contributed by atoms with Gasteiger partial charge in [0.1, 0.15) is 0 Å². The molecule has 0 radical (unpaired) electrons. The van der Waals surface area contributed by atoms with Crippen molar-refractivity contribution in [2.75, 3.05) is 37.6 Å². The Labute approximate surface area is 129 Å². The molecule has 1 aromatic rings. The van der Waals surface area contributed by atoms with Crippen LogP contribution in [0.3, 0.4) is 0 Å². The second-order valence-electron chi connectivity index (χ2n) is 5.14. The molecule has 1 aromatic carbocycles. The molecule has 0 spiro atoms. The minimum atomic E-state index is 0.0685. The number of benzene rings is 1. The monoisotopic (exact) mass is 339 g/mol. The molecule has 0 aromatic heterocycles. The standard InChI is InChI=1S/C15H22BrN3O/c1-3-6-17-15(20)19-9-7-18(8-10-19)14-5-4-13(16)11-12(14)2/h4-5,11H,3,6-10H2,1-2H3,(H,17,20). The van der Waals surface area contributed by atoms with Crippen LogP contribution < -0.4 is 10.2 Å². The molecule has 0 aliphatic carbocycles. The molecule has 1 fully saturated rings. The van der Waals surface area contributed by atoms with E-state index < -0.39 is 0 Å². The number of nitrogens with zero attached hydrogens (tertiary/aromatic N) is 2. The lowest BCUT2D eigenvalue weighted by Crippen LogP contribution is -2.52. The summed E-state index contributed by atoms with van der Waals surface area (Å²) >= 11 is 3.49. The topological polar surface area (TPSA) is 35.6 Å². The number of amides is 2. The Bertz CT molecular complexity index is 470. The van der Waals surface area contributed by atoms with Crippen molar-refractivity contribution >= 4 is 27.6 Å². The molecule has 20 heavy (non-hydrogen) atoms. The van der Waals surface area contributed by atoms with Gasteiger partial charge < -0.3 is 15.1 Å². The molecule has 1 aliphatic rings. The van der Waals surface area contributed by atoms with Crippen LogP contribution in [-0.2, 0) is 0 Å². The first-order valence-corrected chi connectivity index (χ1v) is 7.95. The third-order valence-electron chi connectivity index (χ3n) is 3.59. The zero-order valence-corrected chi connectivity index (χ0v) is 13.7. The maximum atomic E-state index is 11.9. The Hall–Kier alpha value is -1.23. The van der Waals surface area contributed by atoms with Crippen LogP contribution in [0.25, 0.3) is 0 Å². The van der Waals surface area contributed by atoms with E-state index in [1.807, 2.05) is 4.90 Å². The van der Waals surface area contributed by atoms with Crippen LogP contribution in [0.4, 0.5) is 10.5 Å². The van der Waals surface area contributed by atoms with Crippen molar-refractivity contribution in [2.24, 2.45) is 0 Å². The first-order valence-electron chi connectivity index (χ1n) is 7.15. The number of piperazine rings is 1. The summed E-state index contributed by atoms with van der Waals surface area (Å²) in [5, 5.41) is 2.94. The quantitative estimate of drug-likeness (QED) is 0.918. The van der Waals surface area contributed by atoms with Gasteiger partial charge in [0.15, 0.2) is 0 Å². The Kier molecular flexibility index (Phi) is 5.29. The molecule has 1 saturated heterocycles. The predicted octanol–water partition coefficient (Wildman–Crippen LogP) is 3.00. The fourth-order valence-electron chi connectivity index (χ4n) is 2.47. The lowest BCUT2D eigenvalue weighted by Gasteiger charge is -2.36. The predicted molar refractivity (Wildman–Crippen MR) is 86.4 cm³/mol. The van der Waals surface area contributed by atoms with Crippen molar-refractivity contribution in [2.45, 2.75) is 20.3 Å². The summed E-state index contributed by atoms with van der Waals surface area (Å²) in [7, 11) is 0. The molecule has 1 aliphatic heterocycles. The van der Waals surface area contributed by atoms with Gasteiger partial charge >= 0.3 is 6.03 Å². The molecule has 0 unspecified atom stereocenters. The summed E-state index contributed by atoms with van der Waals surface area (Å²) in [6.45, 7) is 8.29. The van der Waals surface area contributed by atoms with E-state index in [4.69, 9.17) is 0 Å². The fourth-order valence-corrected chi connectivity index (χ4v) is 2.94. The number of halogens is 1. The molecule has 4 nitrogen and oxygen atoms in total. The average Bonchev–Trinajstić information content (AvgIpc) is 2.45. The summed E-state index contributed by atoms with van der Waals surface area (Å²) in [4.78, 5) is 16.2. The Balaban J connectivity index is 1.92. The molecule has 0 atom stereocenters. The SMILES string of the molecule is CCCNC(=O)N1CCN(c2ccc(Br)cc2C)CC1. The van der Waals surface area contributed by atoms with E-state index in [1.54, 1.807) is 0 Å². The van der Waals surface area contributed by atoms with Crippen LogP contribution >= 0.6 is 15.9 Å². The van der Waals surface area contributed by atoms with Gasteiger partial charge in [-0.15, -0.1) is 0 Å². The van der Waals surface area contributed by atoms with Gasteiger partial charge in [-0.05, 0) is 37.1 Å². The molecule has 110 valence electrons. The first-order chi connectivity index (χ1) is 9.61. The molecule has 1 heterocycles. The van der Waals surface area contributed by atoms with E-state index in [2.05, 4.69) is 58.2 Å². The van der Waals surface area contributed by atoms with Crippen LogP contribution in [0.2, 0.25) is 0 Å². The zero-order chi connectivity index (χ0) is 14.5. The number of nitrogens with one attached hydrogen (secondary N) is 1. The van der Waals surface area contributed by atoms with Crippen LogP contribution in [0.5, 0.6) is 0 Å². The highest BCUT2D eigenvalue weighted by atomic mass is 79.9. The van der Waals surface area contributed by atoms with Crippen molar-refractivity contribution in [3.8, 4) is 0 Å². The molecule has 5 heteroatoms. The number of carbonyl (C=O) groups is 1. The molecule has 0 bridgehead atoms. The third-order valence-corrected chi connectivity index (χ3v) is 4.09. The Morgan fingerprint density at radius 2 is 2.00 bits per heavy atom. The van der Waals surface area contributed by atoms with Crippen molar-refractivity contribution in [3.63, 3.8) is 0 Å². The lowest BCUT2D eigenvalue weighted by molar-refractivity contribution is 0.194. The zero-order valence-electron chi connectivity index (χ0n) is 12.2. The largest absolute Gasteiger partial charge is 0.368 e. The first kappa shape index (κ1) is 15.2. The van der Waals surface area contributed by atoms with Gasteiger partial charge in [-0.1, -0.05) is 22.9 Å². The minimum Gasteiger partial charge on any atom is -0.368 e. The summed E-state index contributed by atoms with van der Waals surface area (Å²) < 4.78 is 1.11. The van der Waals surface area contributed by atoms with Gasteiger partial charge in [-0.2, -0.15) is 0 Å². The van der Waals surface area contributed by atoms with Gasteiger partial charge in [0, 0.05) is 42.9 Å². The lowest BCUT2D eigenvalue weighted by atomic mass is 10.1. The number of hydrogen-bond acceptors (Lipinski definition) is 2. The summed E-state index contributed by atoms with van der Waals surface area (Å²) in [5.41, 5.74) is 2.53. The highest BCUT2D eigenvalue weighted by Gasteiger charge is 2.21. The third kappa shape index (κ3) is 3.66. The summed E-state index contributed by atoms with van der Waals surface area (Å²) in [5.74, 6) is 0. The van der Waals surface area contributed by atoms with Crippen molar-refractivity contribution in [1.29, 1.82) is 0 Å². The smallest absolute Gasteiger partial charge is 0.317 e. The number of urea groups is 1. The van der Waals surface area contributed by atoms with Crippen LogP contribution in [-0.4, -0.2) is 43.7 Å². The van der Waals surface area contributed by atoms with E-state index in [0.29, 0.717) is 0 Å². The normalized spacial score (nSPS) is 15.3. The van der Waals surface area contributed by atoms with Gasteiger partial charge in [0.25, 0.3) is 0 Å². The van der Waals surface area contributed by atoms with E-state index in [0.717, 1.165) is 43.6 Å². The number of carbonyl (C=O) groups excluding carboxylic acids is 1. The van der Waals surface area contributed by atoms with Gasteiger partial charge in [-0.25, -0.2) is 4.79 Å². The van der Waals surface area contributed by atoms with E-state index in [-0.39, 0.29) is 6.03 Å². The number of rotatable bonds is 3. The molecule has 0 saturated carbocycles. The molecule has 1 N–H and O–H groups in total. The highest BCUT2D eigenvalue weighted by molar-refractivity contribution is 9.10. The second kappa shape index (κ2) is 6.97. The van der Waals surface area contributed by atoms with E-state index in [9.17, 15) is 4.79 Å². The van der Waals surface area contributed by atoms with Gasteiger partial charge in [0.2, 0.25) is 0 Å². The highest BCUT2D eigenvalue weighted by Crippen LogP contribution is 2.24. The number of hydrogen-bond donors (Lipinski definition) is 1. The van der Waals surface area contributed by atoms with Crippen LogP contribution in [0, 0.1) is 6.92 Å². The summed E-state index contributed by atoms with van der Waals surface area (Å²) in [6, 6.07) is 6.42. The average molecular weight is 340 g/mol. The molecule has 2 amide bonds. The van der Waals surface area contributed by atoms with Crippen molar-refractivity contribution in [3.05, 3.63) is 28.2 Å². The fraction of sp³-hybridized carbons (Fsp3) is 0.533. The van der Waals surface area contributed by atoms with E-state index >= 15 is 0 Å². The maximum Gasteiger partial charge on any atom is 0.317 e. The maximum absolute atomic E-state index is 11.9. The van der Waals surface area contributed by atoms with Crippen molar-refractivity contribution in [1.82, 2.24) is 10.2 Å². The van der Waals surface area contributed by atoms with Gasteiger partial charge in [-0.3, -0.25) is 0 Å². The Morgan fingerprint density at radius 3 is 2.60 bits per heavy atom. The second-order valence-corrected chi connectivity index (χ2v) is 6.05. The number of aryl methyl sites for hydroxylation is 1. The van der Waals surface area contributed by atoms with Gasteiger partial charge in [0.05, 0.1) is 0 Å². The van der Waals surface area contributed by atoms with Crippen molar-refractivity contribution < 1.29 is 4.79 Å². The Morgan fingerprint density at radius 1 is 1.30 bits per heavy atom. The minimum absolute atomic E-state index is 0.0685. The molecular formula is C15H22BrN3O. The van der Waals surface area contributed by atoms with Crippen LogP contribution in [0.1, 0.15) is 18.9 Å². The summed E-state index contributed by atoms with van der Waals surface area (Å²) in [6.07, 6.45) is 0.976. The van der Waals surface area contributed by atoms with E-state index in [1.165, 1.54) is 11.3 Å². The number of anilines is 1. The van der Waals surface area contributed by atoms with Crippen LogP contribution in [0.15, 0.2) is 22.7 Å². The molecule has 2 rings (SSSR count).